The van der Waals surface area contributed by atoms with Crippen molar-refractivity contribution in [2.75, 3.05) is 13.6 Å². The minimum Gasteiger partial charge on any atom is -0.489 e. The van der Waals surface area contributed by atoms with E-state index in [1.807, 2.05) is 30.3 Å². The summed E-state index contributed by atoms with van der Waals surface area (Å²) < 4.78 is 8.30. The third-order valence-corrected chi connectivity index (χ3v) is 7.79. The van der Waals surface area contributed by atoms with Crippen LogP contribution in [0.5, 0.6) is 5.75 Å². The molecule has 1 aromatic carbocycles. The first-order valence-electron chi connectivity index (χ1n) is 11.6. The summed E-state index contributed by atoms with van der Waals surface area (Å²) in [6, 6.07) is 11.4. The summed E-state index contributed by atoms with van der Waals surface area (Å²) >= 11 is 0. The number of hydrogen-bond acceptors (Lipinski definition) is 5. The van der Waals surface area contributed by atoms with E-state index in [0.29, 0.717) is 17.3 Å². The number of rotatable bonds is 5. The van der Waals surface area contributed by atoms with Crippen LogP contribution in [0.3, 0.4) is 0 Å². The van der Waals surface area contributed by atoms with E-state index in [9.17, 15) is 9.90 Å². The van der Waals surface area contributed by atoms with Crippen molar-refractivity contribution in [1.29, 1.82) is 0 Å². The second-order valence-corrected chi connectivity index (χ2v) is 9.67. The van der Waals surface area contributed by atoms with Crippen molar-refractivity contribution in [2.45, 2.75) is 62.5 Å². The fourth-order valence-electron chi connectivity index (χ4n) is 5.67. The first-order chi connectivity index (χ1) is 15.5. The summed E-state index contributed by atoms with van der Waals surface area (Å²) in [6.07, 6.45) is 7.91. The van der Waals surface area contributed by atoms with Crippen LogP contribution in [-0.4, -0.2) is 56.0 Å². The Hall–Kier alpha value is -2.93. The Kier molecular flexibility index (Phi) is 4.50. The van der Waals surface area contributed by atoms with Gasteiger partial charge in [0.25, 0.3) is 0 Å². The van der Waals surface area contributed by atoms with Gasteiger partial charge in [-0.25, -0.2) is 14.5 Å². The lowest BCUT2D eigenvalue weighted by Crippen LogP contribution is -2.56. The SMILES string of the molecule is CN1CCCC12CC(Oc1cc(C(=O)O)nc3c1c(C1CCC1)nn3-c1ccccc1)C2. The van der Waals surface area contributed by atoms with Crippen molar-refractivity contribution in [3.63, 3.8) is 0 Å². The molecule has 3 fully saturated rings. The third kappa shape index (κ3) is 3.02. The summed E-state index contributed by atoms with van der Waals surface area (Å²) in [6.45, 7) is 1.14. The molecule has 1 spiro atoms. The second kappa shape index (κ2) is 7.30. The molecule has 7 heteroatoms. The molecule has 3 heterocycles. The molecule has 6 rings (SSSR count). The van der Waals surface area contributed by atoms with Gasteiger partial charge in [0, 0.05) is 30.4 Å². The molecule has 166 valence electrons. The molecule has 1 N–H and O–H groups in total. The van der Waals surface area contributed by atoms with Gasteiger partial charge >= 0.3 is 5.97 Å². The lowest BCUT2D eigenvalue weighted by Gasteiger charge is -2.49. The van der Waals surface area contributed by atoms with Crippen LogP contribution in [0.15, 0.2) is 36.4 Å². The Morgan fingerprint density at radius 1 is 1.19 bits per heavy atom. The molecular formula is C25H28N4O3. The highest BCUT2D eigenvalue weighted by molar-refractivity contribution is 5.94. The molecule has 1 aliphatic heterocycles. The number of carbonyl (C=O) groups is 1. The summed E-state index contributed by atoms with van der Waals surface area (Å²) in [5, 5.41) is 15.6. The number of carboxylic acid groups (broad SMARTS) is 1. The predicted molar refractivity (Wildman–Crippen MR) is 121 cm³/mol. The molecule has 3 aromatic rings. The summed E-state index contributed by atoms with van der Waals surface area (Å²) in [4.78, 5) is 18.9. The maximum Gasteiger partial charge on any atom is 0.354 e. The van der Waals surface area contributed by atoms with Crippen molar-refractivity contribution in [2.24, 2.45) is 0 Å². The van der Waals surface area contributed by atoms with Gasteiger partial charge in [-0.1, -0.05) is 24.6 Å². The van der Waals surface area contributed by atoms with Crippen LogP contribution >= 0.6 is 0 Å². The zero-order valence-corrected chi connectivity index (χ0v) is 18.3. The number of benzene rings is 1. The van der Waals surface area contributed by atoms with Crippen LogP contribution in [0.4, 0.5) is 0 Å². The molecule has 0 bridgehead atoms. The highest BCUT2D eigenvalue weighted by Crippen LogP contribution is 2.48. The first kappa shape index (κ1) is 19.7. The zero-order chi connectivity index (χ0) is 21.9. The van der Waals surface area contributed by atoms with E-state index in [4.69, 9.17) is 9.84 Å². The Labute approximate surface area is 187 Å². The zero-order valence-electron chi connectivity index (χ0n) is 18.3. The van der Waals surface area contributed by atoms with E-state index in [1.165, 1.54) is 19.3 Å². The van der Waals surface area contributed by atoms with Crippen molar-refractivity contribution in [3.05, 3.63) is 47.8 Å². The molecule has 2 aromatic heterocycles. The second-order valence-electron chi connectivity index (χ2n) is 9.67. The largest absolute Gasteiger partial charge is 0.489 e. The van der Waals surface area contributed by atoms with E-state index < -0.39 is 5.97 Å². The Morgan fingerprint density at radius 3 is 2.59 bits per heavy atom. The number of nitrogens with zero attached hydrogens (tertiary/aromatic N) is 4. The number of fused-ring (bicyclic) bond motifs is 1. The average Bonchev–Trinajstić information content (AvgIpc) is 3.28. The smallest absolute Gasteiger partial charge is 0.354 e. The van der Waals surface area contributed by atoms with E-state index >= 15 is 0 Å². The molecule has 1 saturated heterocycles. The molecule has 0 amide bonds. The standard InChI is InChI=1S/C25H28N4O3/c1-28-12-6-11-25(28)14-18(15-25)32-20-13-19(24(30)31)26-23-21(20)22(16-7-5-8-16)27-29(23)17-9-3-2-4-10-17/h2-4,9-10,13,16,18H,5-8,11-12,14-15H2,1H3,(H,30,31). The average molecular weight is 433 g/mol. The van der Waals surface area contributed by atoms with E-state index in [2.05, 4.69) is 16.9 Å². The number of hydrogen-bond donors (Lipinski definition) is 1. The summed E-state index contributed by atoms with van der Waals surface area (Å²) in [5.74, 6) is -0.0590. The van der Waals surface area contributed by atoms with Crippen LogP contribution in [-0.2, 0) is 0 Å². The van der Waals surface area contributed by atoms with Crippen LogP contribution in [0.1, 0.15) is 67.0 Å². The number of pyridine rings is 1. The van der Waals surface area contributed by atoms with Crippen LogP contribution in [0.25, 0.3) is 16.7 Å². The maximum absolute atomic E-state index is 11.9. The molecule has 2 saturated carbocycles. The number of likely N-dealkylation sites (tertiary alicyclic amines) is 1. The molecule has 7 nitrogen and oxygen atoms in total. The van der Waals surface area contributed by atoms with Gasteiger partial charge in [0.2, 0.25) is 0 Å². The summed E-state index contributed by atoms with van der Waals surface area (Å²) in [7, 11) is 2.20. The lowest BCUT2D eigenvalue weighted by atomic mass is 9.72. The number of aromatic nitrogens is 3. The summed E-state index contributed by atoms with van der Waals surface area (Å²) in [5.41, 5.74) is 2.69. The van der Waals surface area contributed by atoms with E-state index in [-0.39, 0.29) is 17.3 Å². The number of carboxylic acids is 1. The van der Waals surface area contributed by atoms with Crippen molar-refractivity contribution in [3.8, 4) is 11.4 Å². The Bertz CT molecular complexity index is 1180. The normalized spacial score (nSPS) is 25.7. The Balaban J connectivity index is 1.45. The van der Waals surface area contributed by atoms with Gasteiger partial charge in [-0.2, -0.15) is 5.10 Å². The molecule has 2 aliphatic carbocycles. The van der Waals surface area contributed by atoms with E-state index in [0.717, 1.165) is 49.0 Å². The van der Waals surface area contributed by atoms with Gasteiger partial charge in [-0.05, 0) is 51.4 Å². The van der Waals surface area contributed by atoms with Gasteiger partial charge in [0.1, 0.15) is 11.9 Å². The number of ether oxygens (including phenoxy) is 1. The molecular weight excluding hydrogens is 404 g/mol. The number of para-hydroxylation sites is 1. The fraction of sp³-hybridized carbons (Fsp3) is 0.480. The van der Waals surface area contributed by atoms with Gasteiger partial charge in [-0.15, -0.1) is 0 Å². The van der Waals surface area contributed by atoms with Crippen LogP contribution < -0.4 is 4.74 Å². The van der Waals surface area contributed by atoms with Crippen LogP contribution in [0, 0.1) is 0 Å². The van der Waals surface area contributed by atoms with E-state index in [1.54, 1.807) is 10.7 Å². The molecule has 3 aliphatic rings. The fourth-order valence-corrected chi connectivity index (χ4v) is 5.67. The minimum atomic E-state index is -1.05. The highest BCUT2D eigenvalue weighted by atomic mass is 16.5. The lowest BCUT2D eigenvalue weighted by molar-refractivity contribution is -0.0277. The minimum absolute atomic E-state index is 0.00300. The van der Waals surface area contributed by atoms with Crippen LogP contribution in [0.2, 0.25) is 0 Å². The maximum atomic E-state index is 11.9. The van der Waals surface area contributed by atoms with Crippen molar-refractivity contribution < 1.29 is 14.6 Å². The highest BCUT2D eigenvalue weighted by Gasteiger charge is 2.50. The molecule has 0 unspecified atom stereocenters. The monoisotopic (exact) mass is 432 g/mol. The van der Waals surface area contributed by atoms with Gasteiger partial charge in [-0.3, -0.25) is 0 Å². The van der Waals surface area contributed by atoms with Crippen molar-refractivity contribution in [1.82, 2.24) is 19.7 Å². The predicted octanol–water partition coefficient (Wildman–Crippen LogP) is 4.39. The molecule has 0 radical (unpaired) electrons. The van der Waals surface area contributed by atoms with Crippen molar-refractivity contribution >= 4 is 17.0 Å². The number of aromatic carboxylic acids is 1. The van der Waals surface area contributed by atoms with Gasteiger partial charge in [0.05, 0.1) is 16.8 Å². The molecule has 0 atom stereocenters. The van der Waals surface area contributed by atoms with Gasteiger partial charge < -0.3 is 14.7 Å². The first-order valence-corrected chi connectivity index (χ1v) is 11.6. The third-order valence-electron chi connectivity index (χ3n) is 7.79. The Morgan fingerprint density at radius 2 is 1.97 bits per heavy atom. The molecule has 32 heavy (non-hydrogen) atoms. The van der Waals surface area contributed by atoms with Gasteiger partial charge in [0.15, 0.2) is 11.3 Å². The topological polar surface area (TPSA) is 80.5 Å². The quantitative estimate of drug-likeness (QED) is 0.644.